The fourth-order valence-corrected chi connectivity index (χ4v) is 3.31. The lowest BCUT2D eigenvalue weighted by Crippen LogP contribution is -2.46. The summed E-state index contributed by atoms with van der Waals surface area (Å²) in [7, 11) is 4.33. The molecule has 0 bridgehead atoms. The van der Waals surface area contributed by atoms with Gasteiger partial charge in [0.25, 0.3) is 0 Å². The van der Waals surface area contributed by atoms with Gasteiger partial charge in [0.15, 0.2) is 5.96 Å². The van der Waals surface area contributed by atoms with Gasteiger partial charge in [0.2, 0.25) is 0 Å². The Morgan fingerprint density at radius 3 is 2.65 bits per heavy atom. The van der Waals surface area contributed by atoms with Crippen LogP contribution in [-0.4, -0.2) is 49.1 Å². The Labute approximate surface area is 161 Å². The normalized spacial score (nSPS) is 16.1. The van der Waals surface area contributed by atoms with Gasteiger partial charge in [0, 0.05) is 30.2 Å². The quantitative estimate of drug-likeness (QED) is 0.363. The maximum atomic E-state index is 4.67. The van der Waals surface area contributed by atoms with Crippen molar-refractivity contribution in [3.63, 3.8) is 0 Å². The lowest BCUT2D eigenvalue weighted by Gasteiger charge is -2.25. The molecule has 0 amide bonds. The summed E-state index contributed by atoms with van der Waals surface area (Å²) in [5.41, 5.74) is 0. The van der Waals surface area contributed by atoms with Crippen LogP contribution in [0.1, 0.15) is 36.6 Å². The van der Waals surface area contributed by atoms with Crippen LogP contribution < -0.4 is 10.6 Å². The molecule has 1 saturated carbocycles. The number of nitrogens with one attached hydrogen (secondary N) is 2. The molecule has 23 heavy (non-hydrogen) atoms. The molecule has 0 aromatic carbocycles. The summed E-state index contributed by atoms with van der Waals surface area (Å²) in [6.07, 6.45) is 5.73. The van der Waals surface area contributed by atoms with E-state index >= 15 is 0 Å². The fourth-order valence-electron chi connectivity index (χ4n) is 2.53. The minimum atomic E-state index is 0. The lowest BCUT2D eigenvalue weighted by atomic mass is 10.1. The molecule has 2 rings (SSSR count). The number of hydrogen-bond donors (Lipinski definition) is 2. The summed E-state index contributed by atoms with van der Waals surface area (Å²) in [5.74, 6) is 1.74. The molecular formula is C16H30IN5S. The summed E-state index contributed by atoms with van der Waals surface area (Å²) < 4.78 is 0. The number of likely N-dealkylation sites (N-methyl/N-ethyl adjacent to an activating group) is 1. The van der Waals surface area contributed by atoms with Crippen molar-refractivity contribution < 1.29 is 0 Å². The first-order valence-electron chi connectivity index (χ1n) is 8.26. The van der Waals surface area contributed by atoms with E-state index in [4.69, 9.17) is 0 Å². The Hall–Kier alpha value is -0.410. The molecule has 1 unspecified atom stereocenters. The van der Waals surface area contributed by atoms with E-state index in [1.165, 1.54) is 17.7 Å². The van der Waals surface area contributed by atoms with Gasteiger partial charge in [-0.05, 0) is 46.2 Å². The number of aliphatic imine (C=N–C) groups is 1. The Morgan fingerprint density at radius 1 is 1.39 bits per heavy atom. The number of aromatic nitrogens is 1. The summed E-state index contributed by atoms with van der Waals surface area (Å²) >= 11 is 1.76. The number of thiazole rings is 1. The van der Waals surface area contributed by atoms with Crippen molar-refractivity contribution >= 4 is 41.3 Å². The van der Waals surface area contributed by atoms with E-state index in [-0.39, 0.29) is 24.0 Å². The third kappa shape index (κ3) is 6.93. The number of guanidine groups is 1. The van der Waals surface area contributed by atoms with Crippen molar-refractivity contribution in [3.05, 3.63) is 16.1 Å². The average Bonchev–Trinajstić information content (AvgIpc) is 3.22. The maximum Gasteiger partial charge on any atom is 0.191 e. The first kappa shape index (κ1) is 20.6. The summed E-state index contributed by atoms with van der Waals surface area (Å²) in [6.45, 7) is 6.73. The van der Waals surface area contributed by atoms with Gasteiger partial charge in [-0.3, -0.25) is 0 Å². The van der Waals surface area contributed by atoms with E-state index in [0.717, 1.165) is 36.4 Å². The van der Waals surface area contributed by atoms with Crippen LogP contribution in [0.15, 0.2) is 11.2 Å². The average molecular weight is 451 g/mol. The summed E-state index contributed by atoms with van der Waals surface area (Å²) in [6, 6.07) is 0.593. The highest BCUT2D eigenvalue weighted by molar-refractivity contribution is 14.0. The zero-order chi connectivity index (χ0) is 15.9. The van der Waals surface area contributed by atoms with Crippen LogP contribution in [-0.2, 0) is 13.0 Å². The van der Waals surface area contributed by atoms with Gasteiger partial charge in [-0.1, -0.05) is 6.92 Å². The zero-order valence-electron chi connectivity index (χ0n) is 14.6. The Kier molecular flexibility index (Phi) is 9.38. The first-order valence-corrected chi connectivity index (χ1v) is 9.07. The van der Waals surface area contributed by atoms with Crippen molar-refractivity contribution in [3.8, 4) is 0 Å². The second kappa shape index (κ2) is 10.5. The van der Waals surface area contributed by atoms with Gasteiger partial charge in [-0.2, -0.15) is 0 Å². The summed E-state index contributed by atoms with van der Waals surface area (Å²) in [5, 5.41) is 7.90. The van der Waals surface area contributed by atoms with Crippen LogP contribution in [0, 0.1) is 5.92 Å². The molecule has 1 aromatic heterocycles. The third-order valence-electron chi connectivity index (χ3n) is 3.97. The number of aryl methyl sites for hydroxylation is 1. The van der Waals surface area contributed by atoms with Crippen LogP contribution in [0.2, 0.25) is 0 Å². The topological polar surface area (TPSA) is 52.6 Å². The predicted octanol–water partition coefficient (Wildman–Crippen LogP) is 2.72. The molecule has 1 fully saturated rings. The van der Waals surface area contributed by atoms with Crippen LogP contribution in [0.25, 0.3) is 0 Å². The molecule has 0 radical (unpaired) electrons. The zero-order valence-corrected chi connectivity index (χ0v) is 17.8. The Bertz CT molecular complexity index is 483. The molecule has 1 aromatic rings. The van der Waals surface area contributed by atoms with Crippen LogP contribution in [0.3, 0.4) is 0 Å². The molecule has 1 atom stereocenters. The Balaban J connectivity index is 0.00000264. The minimum absolute atomic E-state index is 0. The highest BCUT2D eigenvalue weighted by atomic mass is 127. The molecule has 1 heterocycles. The molecule has 0 aliphatic heterocycles. The molecule has 1 aliphatic rings. The van der Waals surface area contributed by atoms with Gasteiger partial charge >= 0.3 is 0 Å². The highest BCUT2D eigenvalue weighted by Gasteiger charge is 2.32. The predicted molar refractivity (Wildman–Crippen MR) is 110 cm³/mol. The number of rotatable bonds is 8. The minimum Gasteiger partial charge on any atom is -0.357 e. The second-order valence-electron chi connectivity index (χ2n) is 6.02. The largest absolute Gasteiger partial charge is 0.357 e. The second-order valence-corrected chi connectivity index (χ2v) is 7.22. The smallest absolute Gasteiger partial charge is 0.191 e. The van der Waals surface area contributed by atoms with Crippen molar-refractivity contribution in [2.45, 2.75) is 45.7 Å². The standard InChI is InChI=1S/C16H29N5S.HI/c1-5-13-9-18-15(22-13)11-20-16(17-6-2)19-10-14(21(3)4)12-7-8-12;/h9,12,14H,5-8,10-11H2,1-4H3,(H2,17,19,20);1H. The number of hydrogen-bond acceptors (Lipinski definition) is 4. The maximum absolute atomic E-state index is 4.67. The van der Waals surface area contributed by atoms with Gasteiger partial charge in [0.05, 0.1) is 6.54 Å². The van der Waals surface area contributed by atoms with Crippen molar-refractivity contribution in [2.24, 2.45) is 10.9 Å². The molecule has 7 heteroatoms. The molecule has 0 spiro atoms. The fraction of sp³-hybridized carbons (Fsp3) is 0.750. The van der Waals surface area contributed by atoms with Crippen LogP contribution in [0.4, 0.5) is 0 Å². The van der Waals surface area contributed by atoms with Crippen molar-refractivity contribution in [1.82, 2.24) is 20.5 Å². The van der Waals surface area contributed by atoms with E-state index in [0.29, 0.717) is 12.6 Å². The van der Waals surface area contributed by atoms with E-state index < -0.39 is 0 Å². The van der Waals surface area contributed by atoms with Crippen LogP contribution >= 0.6 is 35.3 Å². The van der Waals surface area contributed by atoms with Gasteiger partial charge in [0.1, 0.15) is 5.01 Å². The summed E-state index contributed by atoms with van der Waals surface area (Å²) in [4.78, 5) is 12.7. The van der Waals surface area contributed by atoms with Crippen LogP contribution in [0.5, 0.6) is 0 Å². The van der Waals surface area contributed by atoms with Gasteiger partial charge in [-0.15, -0.1) is 35.3 Å². The molecule has 132 valence electrons. The van der Waals surface area contributed by atoms with Gasteiger partial charge < -0.3 is 15.5 Å². The SMILES string of the molecule is CCNC(=NCc1ncc(CC)s1)NCC(C1CC1)N(C)C.I. The molecule has 0 saturated heterocycles. The molecule has 1 aliphatic carbocycles. The van der Waals surface area contributed by atoms with E-state index in [1.807, 2.05) is 6.20 Å². The van der Waals surface area contributed by atoms with Crippen molar-refractivity contribution in [1.29, 1.82) is 0 Å². The van der Waals surface area contributed by atoms with Crippen molar-refractivity contribution in [2.75, 3.05) is 27.2 Å². The van der Waals surface area contributed by atoms with Gasteiger partial charge in [-0.25, -0.2) is 9.98 Å². The third-order valence-corrected chi connectivity index (χ3v) is 5.10. The highest BCUT2D eigenvalue weighted by Crippen LogP contribution is 2.34. The van der Waals surface area contributed by atoms with E-state index in [1.54, 1.807) is 11.3 Å². The van der Waals surface area contributed by atoms with E-state index in [9.17, 15) is 0 Å². The monoisotopic (exact) mass is 451 g/mol. The molecular weight excluding hydrogens is 421 g/mol. The Morgan fingerprint density at radius 2 is 2.13 bits per heavy atom. The molecule has 5 nitrogen and oxygen atoms in total. The molecule has 2 N–H and O–H groups in total. The first-order chi connectivity index (χ1) is 10.6. The van der Waals surface area contributed by atoms with E-state index in [2.05, 4.69) is 53.5 Å². The number of halogens is 1. The lowest BCUT2D eigenvalue weighted by molar-refractivity contribution is 0.264. The number of nitrogens with zero attached hydrogens (tertiary/aromatic N) is 3.